The zero-order chi connectivity index (χ0) is 11.7. The molecule has 0 bridgehead atoms. The van der Waals surface area contributed by atoms with Crippen molar-refractivity contribution in [1.82, 2.24) is 9.97 Å². The molecule has 0 aliphatic carbocycles. The first-order valence-corrected chi connectivity index (χ1v) is 5.62. The van der Waals surface area contributed by atoms with Crippen molar-refractivity contribution in [3.05, 3.63) is 45.9 Å². The first-order valence-electron chi connectivity index (χ1n) is 5.21. The van der Waals surface area contributed by atoms with Crippen molar-refractivity contribution in [2.45, 2.75) is 20.8 Å². The summed E-state index contributed by atoms with van der Waals surface area (Å²) in [5, 5.41) is 0. The van der Waals surface area contributed by atoms with Crippen molar-refractivity contribution in [3.8, 4) is 11.3 Å². The number of hydrogen-bond donors (Lipinski definition) is 1. The van der Waals surface area contributed by atoms with Crippen LogP contribution < -0.4 is 0 Å². The third-order valence-electron chi connectivity index (χ3n) is 2.81. The van der Waals surface area contributed by atoms with Crippen LogP contribution in [-0.2, 0) is 0 Å². The van der Waals surface area contributed by atoms with E-state index < -0.39 is 0 Å². The van der Waals surface area contributed by atoms with Gasteiger partial charge >= 0.3 is 0 Å². The third-order valence-corrected chi connectivity index (χ3v) is 3.01. The van der Waals surface area contributed by atoms with E-state index in [0.29, 0.717) is 4.77 Å². The molecule has 1 aromatic heterocycles. The summed E-state index contributed by atoms with van der Waals surface area (Å²) in [7, 11) is 0. The molecule has 3 heteroatoms. The van der Waals surface area contributed by atoms with Crippen LogP contribution in [0.2, 0.25) is 0 Å². The Kier molecular flexibility index (Phi) is 2.88. The van der Waals surface area contributed by atoms with Gasteiger partial charge in [0.2, 0.25) is 0 Å². The predicted molar refractivity (Wildman–Crippen MR) is 69.1 cm³/mol. The maximum atomic E-state index is 5.03. The zero-order valence-corrected chi connectivity index (χ0v) is 10.5. The number of nitrogens with one attached hydrogen (secondary N) is 1. The van der Waals surface area contributed by atoms with E-state index in [-0.39, 0.29) is 0 Å². The quantitative estimate of drug-likeness (QED) is 0.756. The van der Waals surface area contributed by atoms with Gasteiger partial charge in [-0.3, -0.25) is 0 Å². The molecule has 1 aromatic carbocycles. The van der Waals surface area contributed by atoms with E-state index in [2.05, 4.69) is 42.9 Å². The molecular formula is C13H14N2S. The number of nitrogens with zero attached hydrogens (tertiary/aromatic N) is 1. The van der Waals surface area contributed by atoms with E-state index in [1.165, 1.54) is 22.3 Å². The molecule has 0 aliphatic heterocycles. The first-order chi connectivity index (χ1) is 7.58. The van der Waals surface area contributed by atoms with Crippen LogP contribution in [0.3, 0.4) is 0 Å². The van der Waals surface area contributed by atoms with Crippen molar-refractivity contribution in [1.29, 1.82) is 0 Å². The minimum Gasteiger partial charge on any atom is -0.330 e. The molecule has 1 heterocycles. The topological polar surface area (TPSA) is 28.7 Å². The van der Waals surface area contributed by atoms with Gasteiger partial charge < -0.3 is 4.98 Å². The van der Waals surface area contributed by atoms with Crippen LogP contribution in [0.5, 0.6) is 0 Å². The zero-order valence-electron chi connectivity index (χ0n) is 9.66. The molecule has 2 nitrogen and oxygen atoms in total. The summed E-state index contributed by atoms with van der Waals surface area (Å²) in [5.74, 6) is 0. The number of rotatable bonds is 1. The lowest BCUT2D eigenvalue weighted by Crippen LogP contribution is -1.92. The Morgan fingerprint density at radius 3 is 2.44 bits per heavy atom. The smallest absolute Gasteiger partial charge is 0.197 e. The highest BCUT2D eigenvalue weighted by atomic mass is 32.1. The average Bonchev–Trinajstić information content (AvgIpc) is 2.23. The number of hydrogen-bond acceptors (Lipinski definition) is 2. The van der Waals surface area contributed by atoms with Crippen molar-refractivity contribution >= 4 is 12.2 Å². The Labute approximate surface area is 100 Å². The van der Waals surface area contributed by atoms with E-state index in [0.717, 1.165) is 5.69 Å². The van der Waals surface area contributed by atoms with Gasteiger partial charge in [0.05, 0.1) is 0 Å². The molecule has 16 heavy (non-hydrogen) atoms. The molecule has 0 aliphatic rings. The van der Waals surface area contributed by atoms with Gasteiger partial charge in [0.15, 0.2) is 4.77 Å². The highest BCUT2D eigenvalue weighted by molar-refractivity contribution is 7.71. The van der Waals surface area contributed by atoms with Gasteiger partial charge in [-0.25, -0.2) is 4.98 Å². The summed E-state index contributed by atoms with van der Waals surface area (Å²) in [5.41, 5.74) is 6.07. The summed E-state index contributed by atoms with van der Waals surface area (Å²) < 4.78 is 0.523. The molecule has 0 amide bonds. The summed E-state index contributed by atoms with van der Waals surface area (Å²) >= 11 is 5.03. The normalized spacial score (nSPS) is 10.4. The van der Waals surface area contributed by atoms with E-state index in [9.17, 15) is 0 Å². The van der Waals surface area contributed by atoms with Crippen molar-refractivity contribution in [2.24, 2.45) is 0 Å². The van der Waals surface area contributed by atoms with Crippen LogP contribution in [0.25, 0.3) is 11.3 Å². The predicted octanol–water partition coefficient (Wildman–Crippen LogP) is 3.73. The van der Waals surface area contributed by atoms with Crippen LogP contribution in [0.1, 0.15) is 16.7 Å². The fourth-order valence-corrected chi connectivity index (χ4v) is 1.95. The minimum atomic E-state index is 0.523. The fourth-order valence-electron chi connectivity index (χ4n) is 1.78. The summed E-state index contributed by atoms with van der Waals surface area (Å²) in [6.07, 6.45) is 1.74. The molecule has 2 rings (SSSR count). The Morgan fingerprint density at radius 2 is 1.75 bits per heavy atom. The van der Waals surface area contributed by atoms with E-state index in [1.54, 1.807) is 6.20 Å². The number of aromatic nitrogens is 2. The monoisotopic (exact) mass is 230 g/mol. The van der Waals surface area contributed by atoms with Crippen molar-refractivity contribution < 1.29 is 0 Å². The lowest BCUT2D eigenvalue weighted by molar-refractivity contribution is 1.13. The number of H-pyrrole nitrogens is 1. The molecule has 0 saturated carbocycles. The molecule has 1 N–H and O–H groups in total. The second-order valence-electron chi connectivity index (χ2n) is 4.04. The van der Waals surface area contributed by atoms with Gasteiger partial charge in [-0.05, 0) is 61.8 Å². The van der Waals surface area contributed by atoms with Gasteiger partial charge in [-0.15, -0.1) is 0 Å². The number of aryl methyl sites for hydroxylation is 3. The van der Waals surface area contributed by atoms with E-state index in [4.69, 9.17) is 12.2 Å². The van der Waals surface area contributed by atoms with Crippen LogP contribution in [0.4, 0.5) is 0 Å². The highest BCUT2D eigenvalue weighted by Crippen LogP contribution is 2.24. The SMILES string of the molecule is Cc1cc(C)c(-c2ccnc(=S)[nH]2)cc1C. The lowest BCUT2D eigenvalue weighted by Gasteiger charge is -2.09. The number of aromatic amines is 1. The fraction of sp³-hybridized carbons (Fsp3) is 0.231. The third kappa shape index (κ3) is 2.04. The van der Waals surface area contributed by atoms with Crippen molar-refractivity contribution in [2.75, 3.05) is 0 Å². The second kappa shape index (κ2) is 4.18. The Balaban J connectivity index is 2.65. The summed E-state index contributed by atoms with van der Waals surface area (Å²) in [4.78, 5) is 7.11. The second-order valence-corrected chi connectivity index (χ2v) is 4.43. The van der Waals surface area contributed by atoms with Gasteiger partial charge in [-0.2, -0.15) is 0 Å². The molecule has 0 fully saturated rings. The summed E-state index contributed by atoms with van der Waals surface area (Å²) in [6.45, 7) is 6.36. The van der Waals surface area contributed by atoms with Crippen LogP contribution in [0, 0.1) is 25.5 Å². The van der Waals surface area contributed by atoms with Gasteiger partial charge in [0.1, 0.15) is 0 Å². The molecular weight excluding hydrogens is 216 g/mol. The van der Waals surface area contributed by atoms with Gasteiger partial charge in [-0.1, -0.05) is 6.07 Å². The van der Waals surface area contributed by atoms with E-state index >= 15 is 0 Å². The Bertz CT molecular complexity index is 585. The first kappa shape index (κ1) is 11.0. The minimum absolute atomic E-state index is 0.523. The van der Waals surface area contributed by atoms with Crippen LogP contribution >= 0.6 is 12.2 Å². The largest absolute Gasteiger partial charge is 0.330 e. The Morgan fingerprint density at radius 1 is 1.06 bits per heavy atom. The molecule has 0 unspecified atom stereocenters. The van der Waals surface area contributed by atoms with Crippen LogP contribution in [0.15, 0.2) is 24.4 Å². The summed E-state index contributed by atoms with van der Waals surface area (Å²) in [6, 6.07) is 6.33. The van der Waals surface area contributed by atoms with Crippen molar-refractivity contribution in [3.63, 3.8) is 0 Å². The average molecular weight is 230 g/mol. The van der Waals surface area contributed by atoms with Gasteiger partial charge in [0.25, 0.3) is 0 Å². The maximum absolute atomic E-state index is 5.03. The highest BCUT2D eigenvalue weighted by Gasteiger charge is 2.04. The molecule has 0 atom stereocenters. The molecule has 0 saturated heterocycles. The molecule has 0 spiro atoms. The maximum Gasteiger partial charge on any atom is 0.197 e. The Hall–Kier alpha value is -1.48. The molecule has 82 valence electrons. The van der Waals surface area contributed by atoms with Crippen LogP contribution in [-0.4, -0.2) is 9.97 Å². The standard InChI is InChI=1S/C13H14N2S/c1-8-6-10(3)11(7-9(8)2)12-4-5-14-13(16)15-12/h4-7H,1-3H3,(H,14,15,16). The number of benzene rings is 1. The lowest BCUT2D eigenvalue weighted by atomic mass is 9.99. The van der Waals surface area contributed by atoms with Gasteiger partial charge in [0, 0.05) is 17.5 Å². The van der Waals surface area contributed by atoms with E-state index in [1.807, 2.05) is 6.07 Å². The molecule has 0 radical (unpaired) electrons. The molecule has 2 aromatic rings.